The van der Waals surface area contributed by atoms with E-state index < -0.39 is 0 Å². The number of methoxy groups -OCH3 is 1. The smallest absolute Gasteiger partial charge is 0.130 e. The molecule has 0 aliphatic heterocycles. The third-order valence-corrected chi connectivity index (χ3v) is 3.69. The zero-order chi connectivity index (χ0) is 17.5. The van der Waals surface area contributed by atoms with Crippen molar-refractivity contribution in [1.82, 2.24) is 0 Å². The molecule has 4 nitrogen and oxygen atoms in total. The fourth-order valence-electron chi connectivity index (χ4n) is 2.34. The Morgan fingerprint density at radius 1 is 1.04 bits per heavy atom. The first-order valence-corrected chi connectivity index (χ1v) is 7.46. The van der Waals surface area contributed by atoms with E-state index in [4.69, 9.17) is 20.0 Å². The Hall–Kier alpha value is -3.24. The molecular weight excluding hydrogens is 300 g/mol. The first-order valence-electron chi connectivity index (χ1n) is 7.46. The lowest BCUT2D eigenvalue weighted by atomic mass is 9.98. The van der Waals surface area contributed by atoms with Crippen LogP contribution in [0.25, 0.3) is 6.08 Å². The molecule has 0 aliphatic carbocycles. The minimum Gasteiger partial charge on any atom is -0.497 e. The van der Waals surface area contributed by atoms with E-state index >= 15 is 0 Å². The zero-order valence-electron chi connectivity index (χ0n) is 14.0. The summed E-state index contributed by atoms with van der Waals surface area (Å²) in [7, 11) is 1.62. The molecule has 0 aliphatic rings. The van der Waals surface area contributed by atoms with Crippen LogP contribution in [0.4, 0.5) is 0 Å². The van der Waals surface area contributed by atoms with E-state index in [9.17, 15) is 0 Å². The molecule has 0 atom stereocenters. The summed E-state index contributed by atoms with van der Waals surface area (Å²) in [6.45, 7) is 4.35. The highest BCUT2D eigenvalue weighted by Gasteiger charge is 2.07. The van der Waals surface area contributed by atoms with Crippen molar-refractivity contribution in [2.75, 3.05) is 7.11 Å². The second kappa shape index (κ2) is 7.85. The number of aryl methyl sites for hydroxylation is 1. The number of ether oxygens (including phenoxy) is 2. The summed E-state index contributed by atoms with van der Waals surface area (Å²) in [6.07, 6.45) is 1.61. The summed E-state index contributed by atoms with van der Waals surface area (Å²) in [6, 6.07) is 15.2. The number of rotatable bonds is 5. The van der Waals surface area contributed by atoms with Gasteiger partial charge in [0.05, 0.1) is 7.11 Å². The molecule has 120 valence electrons. The molecule has 0 bridgehead atoms. The summed E-state index contributed by atoms with van der Waals surface area (Å²) >= 11 is 0. The maximum atomic E-state index is 8.94. The third-order valence-electron chi connectivity index (χ3n) is 3.69. The molecule has 4 heteroatoms. The largest absolute Gasteiger partial charge is 0.497 e. The molecule has 24 heavy (non-hydrogen) atoms. The van der Waals surface area contributed by atoms with Gasteiger partial charge >= 0.3 is 0 Å². The molecule has 0 saturated heterocycles. The Morgan fingerprint density at radius 3 is 2.25 bits per heavy atom. The Morgan fingerprint density at radius 2 is 1.67 bits per heavy atom. The quantitative estimate of drug-likeness (QED) is 0.770. The molecule has 0 aromatic heterocycles. The van der Waals surface area contributed by atoms with Crippen LogP contribution in [0.2, 0.25) is 0 Å². The molecule has 2 aromatic carbocycles. The highest BCUT2D eigenvalue weighted by atomic mass is 16.5. The molecule has 0 N–H and O–H groups in total. The van der Waals surface area contributed by atoms with Gasteiger partial charge in [0.1, 0.15) is 35.8 Å². The lowest BCUT2D eigenvalue weighted by Gasteiger charge is -2.13. The van der Waals surface area contributed by atoms with Crippen LogP contribution < -0.4 is 9.47 Å². The van der Waals surface area contributed by atoms with Crippen molar-refractivity contribution in [3.8, 4) is 23.6 Å². The lowest BCUT2D eigenvalue weighted by Crippen LogP contribution is -2.00. The first kappa shape index (κ1) is 17.1. The molecule has 0 fully saturated rings. The van der Waals surface area contributed by atoms with Crippen molar-refractivity contribution >= 4 is 6.08 Å². The van der Waals surface area contributed by atoms with Gasteiger partial charge in [-0.15, -0.1) is 0 Å². The number of allylic oxidation sites excluding steroid dienone is 1. The Labute approximate surface area is 142 Å². The fraction of sp³-hybridized carbons (Fsp3) is 0.200. The van der Waals surface area contributed by atoms with E-state index in [1.807, 2.05) is 56.3 Å². The van der Waals surface area contributed by atoms with Gasteiger partial charge < -0.3 is 9.47 Å². The van der Waals surface area contributed by atoms with E-state index in [1.165, 1.54) is 0 Å². The van der Waals surface area contributed by atoms with Crippen LogP contribution in [-0.4, -0.2) is 7.11 Å². The van der Waals surface area contributed by atoms with Crippen molar-refractivity contribution in [2.24, 2.45) is 0 Å². The van der Waals surface area contributed by atoms with Crippen LogP contribution in [0.5, 0.6) is 11.5 Å². The predicted molar refractivity (Wildman–Crippen MR) is 92.4 cm³/mol. The predicted octanol–water partition coefficient (Wildman–Crippen LogP) is 4.32. The van der Waals surface area contributed by atoms with E-state index in [2.05, 4.69) is 6.07 Å². The number of nitrogens with zero attached hydrogens (tertiary/aromatic N) is 2. The van der Waals surface area contributed by atoms with E-state index in [1.54, 1.807) is 13.2 Å². The molecule has 2 aromatic rings. The van der Waals surface area contributed by atoms with Gasteiger partial charge in [0.25, 0.3) is 0 Å². The number of nitriles is 2. The van der Waals surface area contributed by atoms with Gasteiger partial charge in [-0.05, 0) is 60.9 Å². The maximum absolute atomic E-state index is 8.94. The SMILES string of the molecule is COc1ccc(OCc2cc(C)cc(C=C(C#N)C#N)c2C)cc1. The van der Waals surface area contributed by atoms with Crippen molar-refractivity contribution in [3.63, 3.8) is 0 Å². The summed E-state index contributed by atoms with van der Waals surface area (Å²) < 4.78 is 11.0. The molecule has 0 saturated carbocycles. The molecule has 0 radical (unpaired) electrons. The van der Waals surface area contributed by atoms with Crippen molar-refractivity contribution < 1.29 is 9.47 Å². The van der Waals surface area contributed by atoms with E-state index in [0.717, 1.165) is 33.8 Å². The van der Waals surface area contributed by atoms with Gasteiger partial charge in [0, 0.05) is 0 Å². The van der Waals surface area contributed by atoms with Gasteiger partial charge in [0.2, 0.25) is 0 Å². The highest BCUT2D eigenvalue weighted by molar-refractivity contribution is 5.65. The Kier molecular flexibility index (Phi) is 5.60. The Bertz CT molecular complexity index is 822. The lowest BCUT2D eigenvalue weighted by molar-refractivity contribution is 0.304. The number of benzene rings is 2. The second-order valence-corrected chi connectivity index (χ2v) is 5.38. The number of hydrogen-bond donors (Lipinski definition) is 0. The third kappa shape index (κ3) is 4.15. The minimum absolute atomic E-state index is 0.0886. The van der Waals surface area contributed by atoms with Gasteiger partial charge in [-0.1, -0.05) is 17.7 Å². The van der Waals surface area contributed by atoms with Crippen LogP contribution >= 0.6 is 0 Å². The van der Waals surface area contributed by atoms with Crippen LogP contribution in [0.3, 0.4) is 0 Å². The molecule has 0 unspecified atom stereocenters. The molecule has 0 spiro atoms. The second-order valence-electron chi connectivity index (χ2n) is 5.38. The molecular formula is C20H18N2O2. The number of hydrogen-bond acceptors (Lipinski definition) is 4. The summed E-state index contributed by atoms with van der Waals surface area (Å²) in [4.78, 5) is 0. The molecule has 0 amide bonds. The average Bonchev–Trinajstić information content (AvgIpc) is 2.61. The normalized spacial score (nSPS) is 9.54. The average molecular weight is 318 g/mol. The fourth-order valence-corrected chi connectivity index (χ4v) is 2.34. The minimum atomic E-state index is 0.0886. The summed E-state index contributed by atoms with van der Waals surface area (Å²) in [5.74, 6) is 1.53. The molecule has 0 heterocycles. The monoisotopic (exact) mass is 318 g/mol. The topological polar surface area (TPSA) is 66.0 Å². The van der Waals surface area contributed by atoms with Crippen LogP contribution in [0.15, 0.2) is 42.0 Å². The van der Waals surface area contributed by atoms with Crippen molar-refractivity contribution in [3.05, 3.63) is 64.2 Å². The van der Waals surface area contributed by atoms with Crippen molar-refractivity contribution in [2.45, 2.75) is 20.5 Å². The van der Waals surface area contributed by atoms with Crippen LogP contribution in [0.1, 0.15) is 22.3 Å². The standard InChI is InChI=1S/C20H18N2O2/c1-14-8-17(10-16(11-21)12-22)15(2)18(9-14)13-24-20-6-4-19(23-3)5-7-20/h4-10H,13H2,1-3H3. The molecule has 2 rings (SSSR count). The first-order chi connectivity index (χ1) is 11.6. The van der Waals surface area contributed by atoms with E-state index in [0.29, 0.717) is 6.61 Å². The van der Waals surface area contributed by atoms with Gasteiger partial charge in [-0.2, -0.15) is 10.5 Å². The van der Waals surface area contributed by atoms with Crippen LogP contribution in [-0.2, 0) is 6.61 Å². The maximum Gasteiger partial charge on any atom is 0.130 e. The van der Waals surface area contributed by atoms with Crippen molar-refractivity contribution in [1.29, 1.82) is 10.5 Å². The summed E-state index contributed by atoms with van der Waals surface area (Å²) in [5, 5.41) is 17.9. The van der Waals surface area contributed by atoms with Gasteiger partial charge in [0.15, 0.2) is 0 Å². The van der Waals surface area contributed by atoms with Gasteiger partial charge in [-0.3, -0.25) is 0 Å². The van der Waals surface area contributed by atoms with Crippen LogP contribution in [0, 0.1) is 36.5 Å². The van der Waals surface area contributed by atoms with E-state index in [-0.39, 0.29) is 5.57 Å². The van der Waals surface area contributed by atoms with Gasteiger partial charge in [-0.25, -0.2) is 0 Å². The summed E-state index contributed by atoms with van der Waals surface area (Å²) in [5.41, 5.74) is 4.02. The zero-order valence-corrected chi connectivity index (χ0v) is 14.0. The highest BCUT2D eigenvalue weighted by Crippen LogP contribution is 2.23. The Balaban J connectivity index is 2.24.